The van der Waals surface area contributed by atoms with Crippen LogP contribution in [-0.4, -0.2) is 45.8 Å². The fourth-order valence-corrected chi connectivity index (χ4v) is 4.51. The molecular weight excluding hydrogens is 292 g/mol. The van der Waals surface area contributed by atoms with E-state index >= 15 is 0 Å². The molecule has 4 heterocycles. The molecular formula is C17H24N4S. The molecule has 1 atom stereocenters. The molecule has 5 heteroatoms. The fraction of sp³-hybridized carbons (Fsp3) is 0.588. The molecule has 0 radical (unpaired) electrons. The molecule has 0 bridgehead atoms. The first kappa shape index (κ1) is 14.4. The number of thiophene rings is 1. The van der Waals surface area contributed by atoms with Crippen LogP contribution in [0.1, 0.15) is 35.9 Å². The van der Waals surface area contributed by atoms with E-state index in [1.807, 2.05) is 17.5 Å². The van der Waals surface area contributed by atoms with Crippen molar-refractivity contribution in [3.63, 3.8) is 0 Å². The second-order valence-corrected chi connectivity index (χ2v) is 7.54. The molecule has 0 amide bonds. The zero-order valence-electron chi connectivity index (χ0n) is 13.0. The summed E-state index contributed by atoms with van der Waals surface area (Å²) in [6, 6.07) is 7.11. The van der Waals surface area contributed by atoms with Crippen LogP contribution < -0.4 is 0 Å². The van der Waals surface area contributed by atoms with Crippen LogP contribution in [0.2, 0.25) is 0 Å². The van der Waals surface area contributed by atoms with Crippen molar-refractivity contribution in [1.82, 2.24) is 19.6 Å². The van der Waals surface area contributed by atoms with Gasteiger partial charge in [-0.2, -0.15) is 5.10 Å². The van der Waals surface area contributed by atoms with Gasteiger partial charge in [0, 0.05) is 37.3 Å². The van der Waals surface area contributed by atoms with Crippen molar-refractivity contribution in [1.29, 1.82) is 0 Å². The fourth-order valence-electron chi connectivity index (χ4n) is 3.76. The number of hydrogen-bond donors (Lipinski definition) is 0. The molecule has 2 aliphatic rings. The lowest BCUT2D eigenvalue weighted by Gasteiger charge is -2.34. The monoisotopic (exact) mass is 316 g/mol. The Morgan fingerprint density at radius 1 is 1.18 bits per heavy atom. The molecule has 22 heavy (non-hydrogen) atoms. The van der Waals surface area contributed by atoms with Gasteiger partial charge in [-0.25, -0.2) is 0 Å². The van der Waals surface area contributed by atoms with Crippen LogP contribution in [0.4, 0.5) is 0 Å². The van der Waals surface area contributed by atoms with E-state index < -0.39 is 0 Å². The van der Waals surface area contributed by atoms with Crippen LogP contribution >= 0.6 is 11.3 Å². The van der Waals surface area contributed by atoms with E-state index in [0.29, 0.717) is 6.04 Å². The highest BCUT2D eigenvalue weighted by Gasteiger charge is 2.26. The summed E-state index contributed by atoms with van der Waals surface area (Å²) in [5.41, 5.74) is 1.37. The van der Waals surface area contributed by atoms with Gasteiger partial charge in [0.2, 0.25) is 0 Å². The summed E-state index contributed by atoms with van der Waals surface area (Å²) in [5, 5.41) is 6.76. The third-order valence-corrected chi connectivity index (χ3v) is 5.75. The minimum atomic E-state index is 0.527. The number of fused-ring (bicyclic) bond motifs is 1. The Labute approximate surface area is 136 Å². The molecule has 2 aromatic rings. The number of hydrogen-bond acceptors (Lipinski definition) is 4. The van der Waals surface area contributed by atoms with E-state index in [-0.39, 0.29) is 0 Å². The van der Waals surface area contributed by atoms with Crippen molar-refractivity contribution >= 4 is 11.3 Å². The minimum Gasteiger partial charge on any atom is -0.303 e. The van der Waals surface area contributed by atoms with Gasteiger partial charge in [-0.3, -0.25) is 9.58 Å². The summed E-state index contributed by atoms with van der Waals surface area (Å²) >= 11 is 1.86. The van der Waals surface area contributed by atoms with Crippen LogP contribution in [0.5, 0.6) is 0 Å². The Kier molecular flexibility index (Phi) is 4.28. The number of rotatable bonds is 5. The molecule has 1 saturated heterocycles. The average Bonchev–Trinajstić information content (AvgIpc) is 3.27. The van der Waals surface area contributed by atoms with E-state index in [1.54, 1.807) is 0 Å². The van der Waals surface area contributed by atoms with E-state index in [9.17, 15) is 0 Å². The lowest BCUT2D eigenvalue weighted by Crippen LogP contribution is -2.38. The van der Waals surface area contributed by atoms with E-state index in [4.69, 9.17) is 0 Å². The smallest absolute Gasteiger partial charge is 0.0662 e. The number of nitrogens with zero attached hydrogens (tertiary/aromatic N) is 4. The van der Waals surface area contributed by atoms with Crippen LogP contribution in [0.25, 0.3) is 0 Å². The van der Waals surface area contributed by atoms with Crippen LogP contribution in [0, 0.1) is 0 Å². The third-order valence-electron chi connectivity index (χ3n) is 4.89. The predicted octanol–water partition coefficient (Wildman–Crippen LogP) is 2.99. The van der Waals surface area contributed by atoms with Gasteiger partial charge in [0.05, 0.1) is 11.7 Å². The third kappa shape index (κ3) is 3.12. The lowest BCUT2D eigenvalue weighted by atomic mass is 10.1. The first-order valence-electron chi connectivity index (χ1n) is 8.38. The van der Waals surface area contributed by atoms with Crippen molar-refractivity contribution in [3.05, 3.63) is 40.3 Å². The molecule has 2 aromatic heterocycles. The molecule has 0 aromatic carbocycles. The minimum absolute atomic E-state index is 0.527. The number of aromatic nitrogens is 2. The molecule has 4 rings (SSSR count). The topological polar surface area (TPSA) is 24.3 Å². The first-order chi connectivity index (χ1) is 10.9. The van der Waals surface area contributed by atoms with Crippen molar-refractivity contribution in [2.75, 3.05) is 26.2 Å². The normalized spacial score (nSPS) is 23.0. The zero-order valence-corrected chi connectivity index (χ0v) is 13.8. The standard InChI is InChI=1S/C17H24N4S/c1-2-9-19(8-1)10-6-16-13-20(14-17-4-3-11-22-17)12-15-5-7-18-21(15)16/h3-5,7,11,16H,1-2,6,8-10,12-14H2. The maximum atomic E-state index is 4.59. The SMILES string of the molecule is c1csc(CN2Cc3ccnn3C(CCN3CCCC3)C2)c1. The van der Waals surface area contributed by atoms with E-state index in [0.717, 1.165) is 19.6 Å². The van der Waals surface area contributed by atoms with E-state index in [2.05, 4.69) is 43.2 Å². The Balaban J connectivity index is 1.43. The van der Waals surface area contributed by atoms with E-state index in [1.165, 1.54) is 49.5 Å². The highest BCUT2D eigenvalue weighted by Crippen LogP contribution is 2.26. The van der Waals surface area contributed by atoms with Gasteiger partial charge in [-0.15, -0.1) is 11.3 Å². The summed E-state index contributed by atoms with van der Waals surface area (Å²) in [6.45, 7) is 7.02. The van der Waals surface area contributed by atoms with Gasteiger partial charge in [0.1, 0.15) is 0 Å². The highest BCUT2D eigenvalue weighted by molar-refractivity contribution is 7.09. The van der Waals surface area contributed by atoms with Gasteiger partial charge in [-0.1, -0.05) is 6.07 Å². The van der Waals surface area contributed by atoms with Crippen molar-refractivity contribution in [2.45, 2.75) is 38.4 Å². The molecule has 1 fully saturated rings. The second-order valence-electron chi connectivity index (χ2n) is 6.51. The highest BCUT2D eigenvalue weighted by atomic mass is 32.1. The van der Waals surface area contributed by atoms with Crippen molar-refractivity contribution in [2.24, 2.45) is 0 Å². The maximum absolute atomic E-state index is 4.59. The zero-order chi connectivity index (χ0) is 14.8. The first-order valence-corrected chi connectivity index (χ1v) is 9.26. The molecule has 2 aliphatic heterocycles. The summed E-state index contributed by atoms with van der Waals surface area (Å²) in [6.07, 6.45) is 5.94. The summed E-state index contributed by atoms with van der Waals surface area (Å²) in [4.78, 5) is 6.66. The molecule has 4 nitrogen and oxygen atoms in total. The molecule has 0 N–H and O–H groups in total. The predicted molar refractivity (Wildman–Crippen MR) is 90.0 cm³/mol. The van der Waals surface area contributed by atoms with Gasteiger partial charge >= 0.3 is 0 Å². The molecule has 0 saturated carbocycles. The summed E-state index contributed by atoms with van der Waals surface area (Å²) in [5.74, 6) is 0. The molecule has 1 unspecified atom stereocenters. The largest absolute Gasteiger partial charge is 0.303 e. The Bertz CT molecular complexity index is 586. The van der Waals surface area contributed by atoms with Gasteiger partial charge in [0.25, 0.3) is 0 Å². The van der Waals surface area contributed by atoms with Crippen molar-refractivity contribution in [3.8, 4) is 0 Å². The second kappa shape index (κ2) is 6.52. The quantitative estimate of drug-likeness (QED) is 0.847. The summed E-state index contributed by atoms with van der Waals surface area (Å²) < 4.78 is 2.28. The van der Waals surface area contributed by atoms with Crippen molar-refractivity contribution < 1.29 is 0 Å². The number of likely N-dealkylation sites (tertiary alicyclic amines) is 1. The van der Waals surface area contributed by atoms with Gasteiger partial charge < -0.3 is 4.90 Å². The molecule has 118 valence electrons. The van der Waals surface area contributed by atoms with Gasteiger partial charge in [-0.05, 0) is 49.9 Å². The maximum Gasteiger partial charge on any atom is 0.0662 e. The Morgan fingerprint density at radius 2 is 2.09 bits per heavy atom. The van der Waals surface area contributed by atoms with Crippen LogP contribution in [0.15, 0.2) is 29.8 Å². The molecule has 0 aliphatic carbocycles. The van der Waals surface area contributed by atoms with Gasteiger partial charge in [0.15, 0.2) is 0 Å². The molecule has 0 spiro atoms. The Hall–Kier alpha value is -1.17. The summed E-state index contributed by atoms with van der Waals surface area (Å²) in [7, 11) is 0. The average molecular weight is 316 g/mol. The van der Waals surface area contributed by atoms with Crippen LogP contribution in [0.3, 0.4) is 0 Å². The Morgan fingerprint density at radius 3 is 2.91 bits per heavy atom. The van der Waals surface area contributed by atoms with Crippen LogP contribution in [-0.2, 0) is 13.1 Å². The lowest BCUT2D eigenvalue weighted by molar-refractivity contribution is 0.153.